The van der Waals surface area contributed by atoms with Gasteiger partial charge in [0.1, 0.15) is 12.1 Å². The van der Waals surface area contributed by atoms with Gasteiger partial charge in [0.2, 0.25) is 0 Å². The fraction of sp³-hybridized carbons (Fsp3) is 0.321. The summed E-state index contributed by atoms with van der Waals surface area (Å²) in [6.45, 7) is 6.96. The highest BCUT2D eigenvalue weighted by atomic mass is 15.7. The zero-order valence-electron chi connectivity index (χ0n) is 21.7. The number of nitrogens with zero attached hydrogens (tertiary/aromatic N) is 4. The number of nitriles is 2. The van der Waals surface area contributed by atoms with Gasteiger partial charge >= 0.3 is 0 Å². The van der Waals surface area contributed by atoms with Crippen LogP contribution >= 0.6 is 0 Å². The summed E-state index contributed by atoms with van der Waals surface area (Å²) < 4.78 is 9.60. The minimum Gasteiger partial charge on any atom is -0.383 e. The zero-order valence-corrected chi connectivity index (χ0v) is 20.7. The maximum absolute atomic E-state index is 9.98. The van der Waals surface area contributed by atoms with Gasteiger partial charge in [-0.2, -0.15) is 10.5 Å². The number of pyridine rings is 1. The lowest BCUT2D eigenvalue weighted by Gasteiger charge is -2.23. The van der Waals surface area contributed by atoms with Crippen molar-refractivity contribution in [3.05, 3.63) is 77.2 Å². The summed E-state index contributed by atoms with van der Waals surface area (Å²) >= 11 is 0. The Morgan fingerprint density at radius 1 is 1.17 bits per heavy atom. The Morgan fingerprint density at radius 3 is 2.58 bits per heavy atom. The van der Waals surface area contributed by atoms with Crippen molar-refractivity contribution >= 4 is 22.3 Å². The first-order valence-electron chi connectivity index (χ1n) is 12.6. The first kappa shape index (κ1) is 22.2. The van der Waals surface area contributed by atoms with E-state index in [9.17, 15) is 11.9 Å². The molecule has 0 bridgehead atoms. The summed E-state index contributed by atoms with van der Waals surface area (Å²) in [5, 5.41) is 29.2. The fourth-order valence-electron chi connectivity index (χ4n) is 4.14. The van der Waals surface area contributed by atoms with E-state index in [-0.39, 0.29) is 5.41 Å². The lowest BCUT2D eigenvalue weighted by atomic mass is 9.96. The van der Waals surface area contributed by atoms with Crippen LogP contribution in [0.25, 0.3) is 10.9 Å². The maximum Gasteiger partial charge on any atom is 0.103 e. The molecule has 0 radical (unpaired) electrons. The van der Waals surface area contributed by atoms with E-state index < -0.39 is 6.02 Å². The average Bonchev–Trinajstić information content (AvgIpc) is 3.62. The van der Waals surface area contributed by atoms with Crippen LogP contribution in [0.2, 0.25) is 0 Å². The van der Waals surface area contributed by atoms with Gasteiger partial charge in [0.25, 0.3) is 0 Å². The molecule has 1 aromatic heterocycles. The quantitative estimate of drug-likeness (QED) is 0.378. The van der Waals surface area contributed by atoms with E-state index in [0.29, 0.717) is 51.7 Å². The van der Waals surface area contributed by atoms with E-state index in [1.165, 1.54) is 6.20 Å². The molecule has 8 heteroatoms. The predicted octanol–water partition coefficient (Wildman–Crippen LogP) is 4.92. The first-order valence-corrected chi connectivity index (χ1v) is 12.1. The van der Waals surface area contributed by atoms with Gasteiger partial charge in [-0.05, 0) is 36.0 Å². The van der Waals surface area contributed by atoms with Crippen molar-refractivity contribution < 1.29 is 1.37 Å². The number of hydrazine groups is 2. The van der Waals surface area contributed by atoms with Crippen LogP contribution in [0.5, 0.6) is 0 Å². The van der Waals surface area contributed by atoms with Crippen LogP contribution in [-0.4, -0.2) is 22.6 Å². The molecule has 1 aliphatic carbocycles. The zero-order chi connectivity index (χ0) is 26.2. The van der Waals surface area contributed by atoms with Gasteiger partial charge < -0.3 is 16.1 Å². The molecule has 3 aromatic rings. The molecule has 2 heterocycles. The standard InChI is InChI=1S/C28H30N8/c1-28(2,3)17-32-26-20(14-30)15-31-25-19(13-29)11-21(12-23(25)26)33-27(18-7-5-4-6-8-18)24-16-36(35-34-24)22-9-10-22/h4-8,11-12,15-16,22,27,33-35H,9-10,17H2,1-3H3,(H,31,32)/t27-/m0/s1/i27D. The van der Waals surface area contributed by atoms with E-state index in [1.807, 2.05) is 47.6 Å². The molecule has 36 heavy (non-hydrogen) atoms. The molecule has 0 saturated heterocycles. The first-order chi connectivity index (χ1) is 17.7. The average molecular weight is 480 g/mol. The van der Waals surface area contributed by atoms with E-state index >= 15 is 0 Å². The lowest BCUT2D eigenvalue weighted by Crippen LogP contribution is -2.38. The van der Waals surface area contributed by atoms with Crippen LogP contribution in [0, 0.1) is 28.1 Å². The van der Waals surface area contributed by atoms with Crippen LogP contribution in [0.1, 0.15) is 57.7 Å². The lowest BCUT2D eigenvalue weighted by molar-refractivity contribution is 0.260. The SMILES string of the molecule is [2H][C@@](Nc1cc(C#N)c2ncc(C#N)c(NCC(C)(C)C)c2c1)(C1=CN(C2CC2)NN1)c1ccccc1. The molecule has 1 saturated carbocycles. The Balaban J connectivity index is 1.62. The number of fused-ring (bicyclic) bond motifs is 1. The molecule has 8 nitrogen and oxygen atoms in total. The number of benzene rings is 2. The topological polar surface area (TPSA) is 112 Å². The molecule has 0 unspecified atom stereocenters. The number of nitrogens with one attached hydrogen (secondary N) is 4. The van der Waals surface area contributed by atoms with Crippen molar-refractivity contribution in [3.8, 4) is 12.1 Å². The molecule has 2 aliphatic rings. The van der Waals surface area contributed by atoms with Crippen molar-refractivity contribution in [2.24, 2.45) is 5.41 Å². The second-order valence-electron chi connectivity index (χ2n) is 10.4. The number of hydrogen-bond acceptors (Lipinski definition) is 8. The Labute approximate surface area is 213 Å². The van der Waals surface area contributed by atoms with Crippen molar-refractivity contribution in [3.63, 3.8) is 0 Å². The van der Waals surface area contributed by atoms with Crippen molar-refractivity contribution in [1.82, 2.24) is 21.0 Å². The highest BCUT2D eigenvalue weighted by Crippen LogP contribution is 2.35. The molecule has 1 atom stereocenters. The summed E-state index contributed by atoms with van der Waals surface area (Å²) in [5.74, 6) is 0. The molecule has 182 valence electrons. The highest BCUT2D eigenvalue weighted by molar-refractivity contribution is 5.99. The summed E-state index contributed by atoms with van der Waals surface area (Å²) in [6, 6.07) is 16.6. The van der Waals surface area contributed by atoms with Gasteiger partial charge in [-0.3, -0.25) is 9.99 Å². The minimum absolute atomic E-state index is 0.0269. The number of rotatable bonds is 7. The Morgan fingerprint density at radius 2 is 1.92 bits per heavy atom. The fourth-order valence-corrected chi connectivity index (χ4v) is 4.14. The van der Waals surface area contributed by atoms with Gasteiger partial charge in [-0.1, -0.05) is 51.1 Å². The number of aromatic nitrogens is 1. The molecule has 1 aliphatic heterocycles. The number of hydrogen-bond donors (Lipinski definition) is 4. The summed E-state index contributed by atoms with van der Waals surface area (Å²) in [6.07, 6.45) is 5.65. The monoisotopic (exact) mass is 479 g/mol. The maximum atomic E-state index is 9.98. The third kappa shape index (κ3) is 4.91. The second kappa shape index (κ2) is 9.41. The Kier molecular flexibility index (Phi) is 5.80. The van der Waals surface area contributed by atoms with E-state index in [2.05, 4.69) is 59.5 Å². The Bertz CT molecular complexity index is 1440. The molecule has 0 amide bonds. The van der Waals surface area contributed by atoms with Gasteiger partial charge in [-0.25, -0.2) is 0 Å². The van der Waals surface area contributed by atoms with E-state index in [0.717, 1.165) is 18.4 Å². The predicted molar refractivity (Wildman–Crippen MR) is 141 cm³/mol. The van der Waals surface area contributed by atoms with Crippen LogP contribution in [0.4, 0.5) is 11.4 Å². The minimum atomic E-state index is -1.38. The van der Waals surface area contributed by atoms with Gasteiger partial charge in [0.05, 0.1) is 35.4 Å². The smallest absolute Gasteiger partial charge is 0.103 e. The van der Waals surface area contributed by atoms with E-state index in [1.54, 1.807) is 6.07 Å². The van der Waals surface area contributed by atoms with Crippen molar-refractivity contribution in [2.45, 2.75) is 45.7 Å². The molecule has 4 N–H and O–H groups in total. The van der Waals surface area contributed by atoms with Crippen LogP contribution in [-0.2, 0) is 0 Å². The Hall–Kier alpha value is -4.27. The van der Waals surface area contributed by atoms with Gasteiger partial charge in [0.15, 0.2) is 0 Å². The van der Waals surface area contributed by atoms with Crippen LogP contribution < -0.4 is 21.6 Å². The van der Waals surface area contributed by atoms with E-state index in [4.69, 9.17) is 0 Å². The highest BCUT2D eigenvalue weighted by Gasteiger charge is 2.32. The molecule has 0 spiro atoms. The van der Waals surface area contributed by atoms with Crippen molar-refractivity contribution in [2.75, 3.05) is 17.2 Å². The second-order valence-corrected chi connectivity index (χ2v) is 10.4. The third-order valence-electron chi connectivity index (χ3n) is 6.14. The molecular weight excluding hydrogens is 448 g/mol. The van der Waals surface area contributed by atoms with Crippen LogP contribution in [0.3, 0.4) is 0 Å². The van der Waals surface area contributed by atoms with Gasteiger partial charge in [0, 0.05) is 36.1 Å². The molecule has 1 fully saturated rings. The molecule has 5 rings (SSSR count). The molecule has 2 aromatic carbocycles. The summed E-state index contributed by atoms with van der Waals surface area (Å²) in [7, 11) is 0. The normalized spacial score (nSPS) is 17.3. The van der Waals surface area contributed by atoms with Gasteiger partial charge in [-0.15, -0.1) is 5.53 Å². The number of anilines is 2. The summed E-state index contributed by atoms with van der Waals surface area (Å²) in [5.41, 5.74) is 10.2. The molecular formula is C28H30N8. The largest absolute Gasteiger partial charge is 0.383 e. The third-order valence-corrected chi connectivity index (χ3v) is 6.14. The summed E-state index contributed by atoms with van der Waals surface area (Å²) in [4.78, 5) is 4.44. The van der Waals surface area contributed by atoms with Crippen molar-refractivity contribution in [1.29, 1.82) is 10.5 Å². The van der Waals surface area contributed by atoms with Crippen LogP contribution in [0.15, 0.2) is 60.6 Å².